The topological polar surface area (TPSA) is 80.7 Å². The first-order valence-electron chi connectivity index (χ1n) is 8.87. The van der Waals surface area contributed by atoms with Gasteiger partial charge in [-0.25, -0.2) is 4.39 Å². The van der Waals surface area contributed by atoms with Crippen LogP contribution in [0.25, 0.3) is 0 Å². The van der Waals surface area contributed by atoms with Crippen LogP contribution < -0.4 is 5.32 Å². The van der Waals surface area contributed by atoms with Crippen molar-refractivity contribution < 1.29 is 8.91 Å². The Morgan fingerprint density at radius 3 is 2.70 bits per heavy atom. The molecule has 0 amide bonds. The van der Waals surface area contributed by atoms with Gasteiger partial charge < -0.3 is 14.7 Å². The monoisotopic (exact) mass is 370 g/mol. The zero-order valence-electron chi connectivity index (χ0n) is 15.6. The van der Waals surface area contributed by atoms with Crippen molar-refractivity contribution in [3.8, 4) is 6.07 Å². The van der Waals surface area contributed by atoms with E-state index in [2.05, 4.69) is 25.3 Å². The molecular weight excluding hydrogens is 347 g/mol. The quantitative estimate of drug-likeness (QED) is 0.654. The van der Waals surface area contributed by atoms with Crippen molar-refractivity contribution in [1.82, 2.24) is 20.3 Å². The molecule has 3 rings (SSSR count). The van der Waals surface area contributed by atoms with Crippen molar-refractivity contribution in [2.24, 2.45) is 4.99 Å². The van der Waals surface area contributed by atoms with Gasteiger partial charge >= 0.3 is 0 Å². The first kappa shape index (κ1) is 18.9. The van der Waals surface area contributed by atoms with Gasteiger partial charge in [0.25, 0.3) is 0 Å². The van der Waals surface area contributed by atoms with Gasteiger partial charge in [0.15, 0.2) is 5.96 Å². The Morgan fingerprint density at radius 1 is 1.33 bits per heavy atom. The fourth-order valence-corrected chi connectivity index (χ4v) is 3.11. The van der Waals surface area contributed by atoms with Gasteiger partial charge in [0, 0.05) is 57.9 Å². The fourth-order valence-electron chi connectivity index (χ4n) is 3.11. The molecule has 1 aliphatic rings. The van der Waals surface area contributed by atoms with E-state index in [0.717, 1.165) is 50.1 Å². The molecule has 8 heteroatoms. The molecule has 2 aromatic rings. The van der Waals surface area contributed by atoms with E-state index >= 15 is 0 Å². The van der Waals surface area contributed by atoms with E-state index in [1.54, 1.807) is 19.2 Å². The largest absolute Gasteiger partial charge is 0.361 e. The van der Waals surface area contributed by atoms with Crippen LogP contribution >= 0.6 is 0 Å². The van der Waals surface area contributed by atoms with Crippen LogP contribution in [0, 0.1) is 24.1 Å². The van der Waals surface area contributed by atoms with Gasteiger partial charge in [0.1, 0.15) is 11.6 Å². The van der Waals surface area contributed by atoms with Crippen molar-refractivity contribution in [2.75, 3.05) is 33.2 Å². The molecule has 1 aliphatic heterocycles. The zero-order valence-corrected chi connectivity index (χ0v) is 15.6. The number of aromatic nitrogens is 1. The van der Waals surface area contributed by atoms with Gasteiger partial charge in [0.2, 0.25) is 0 Å². The van der Waals surface area contributed by atoms with E-state index in [-0.39, 0.29) is 5.82 Å². The molecule has 0 saturated carbocycles. The highest BCUT2D eigenvalue weighted by atomic mass is 19.1. The van der Waals surface area contributed by atoms with E-state index in [0.29, 0.717) is 17.7 Å². The number of piperazine rings is 1. The minimum absolute atomic E-state index is 0.319. The van der Waals surface area contributed by atoms with Gasteiger partial charge in [0.05, 0.1) is 17.3 Å². The Kier molecular flexibility index (Phi) is 6.04. The van der Waals surface area contributed by atoms with Crippen LogP contribution in [0.2, 0.25) is 0 Å². The second-order valence-electron chi connectivity index (χ2n) is 6.51. The molecule has 7 nitrogen and oxygen atoms in total. The average molecular weight is 370 g/mol. The van der Waals surface area contributed by atoms with Crippen LogP contribution in [0.5, 0.6) is 0 Å². The van der Waals surface area contributed by atoms with Crippen molar-refractivity contribution in [1.29, 1.82) is 5.26 Å². The molecule has 1 aromatic carbocycles. The summed E-state index contributed by atoms with van der Waals surface area (Å²) in [4.78, 5) is 8.79. The highest BCUT2D eigenvalue weighted by molar-refractivity contribution is 5.80. The highest BCUT2D eigenvalue weighted by Crippen LogP contribution is 2.11. The first-order chi connectivity index (χ1) is 13.1. The molecule has 0 spiro atoms. The van der Waals surface area contributed by atoms with Crippen LogP contribution in [0.15, 0.2) is 33.8 Å². The summed E-state index contributed by atoms with van der Waals surface area (Å²) in [5, 5.41) is 16.1. The summed E-state index contributed by atoms with van der Waals surface area (Å²) in [5.41, 5.74) is 1.77. The molecule has 1 N–H and O–H groups in total. The van der Waals surface area contributed by atoms with Gasteiger partial charge in [-0.15, -0.1) is 0 Å². The van der Waals surface area contributed by atoms with E-state index in [4.69, 9.17) is 9.78 Å². The third-order valence-electron chi connectivity index (χ3n) is 4.57. The Labute approximate surface area is 158 Å². The number of rotatable bonds is 4. The Morgan fingerprint density at radius 2 is 2.11 bits per heavy atom. The molecular formula is C19H23FN6O. The third-order valence-corrected chi connectivity index (χ3v) is 4.57. The second-order valence-corrected chi connectivity index (χ2v) is 6.51. The maximum absolute atomic E-state index is 14.0. The first-order valence-corrected chi connectivity index (χ1v) is 8.87. The van der Waals surface area contributed by atoms with Gasteiger partial charge in [-0.05, 0) is 19.1 Å². The number of benzene rings is 1. The molecule has 2 heterocycles. The number of nitriles is 1. The maximum atomic E-state index is 14.0. The molecule has 0 atom stereocenters. The summed E-state index contributed by atoms with van der Waals surface area (Å²) in [6.45, 7) is 6.41. The van der Waals surface area contributed by atoms with E-state index < -0.39 is 0 Å². The number of nitrogens with one attached hydrogen (secondary N) is 1. The van der Waals surface area contributed by atoms with E-state index in [1.807, 2.05) is 19.1 Å². The lowest BCUT2D eigenvalue weighted by Gasteiger charge is -2.36. The molecule has 1 aromatic heterocycles. The van der Waals surface area contributed by atoms with Crippen LogP contribution in [-0.4, -0.2) is 54.1 Å². The number of guanidine groups is 1. The molecule has 0 unspecified atom stereocenters. The lowest BCUT2D eigenvalue weighted by Crippen LogP contribution is -2.52. The average Bonchev–Trinajstić information content (AvgIpc) is 3.09. The summed E-state index contributed by atoms with van der Waals surface area (Å²) in [5.74, 6) is 1.18. The number of aryl methyl sites for hydroxylation is 1. The minimum atomic E-state index is -0.385. The van der Waals surface area contributed by atoms with Gasteiger partial charge in [-0.2, -0.15) is 5.26 Å². The summed E-state index contributed by atoms with van der Waals surface area (Å²) in [6, 6.07) is 8.40. The lowest BCUT2D eigenvalue weighted by molar-refractivity contribution is 0.169. The molecule has 1 fully saturated rings. The molecule has 0 aliphatic carbocycles. The van der Waals surface area contributed by atoms with Gasteiger partial charge in [-0.3, -0.25) is 9.89 Å². The summed E-state index contributed by atoms with van der Waals surface area (Å²) >= 11 is 0. The normalized spacial score (nSPS) is 15.6. The van der Waals surface area contributed by atoms with Crippen LogP contribution in [0.1, 0.15) is 22.6 Å². The van der Waals surface area contributed by atoms with Crippen LogP contribution in [-0.2, 0) is 13.1 Å². The van der Waals surface area contributed by atoms with Crippen LogP contribution in [0.3, 0.4) is 0 Å². The second kappa shape index (κ2) is 8.64. The smallest absolute Gasteiger partial charge is 0.194 e. The lowest BCUT2D eigenvalue weighted by atomic mass is 10.1. The third kappa shape index (κ3) is 4.83. The number of aliphatic imine (C=N–C) groups is 1. The van der Waals surface area contributed by atoms with Crippen molar-refractivity contribution in [3.63, 3.8) is 0 Å². The Hall–Kier alpha value is -2.92. The molecule has 0 radical (unpaired) electrons. The minimum Gasteiger partial charge on any atom is -0.361 e. The number of nitrogens with zero attached hydrogens (tertiary/aromatic N) is 5. The van der Waals surface area contributed by atoms with E-state index in [1.165, 1.54) is 6.07 Å². The van der Waals surface area contributed by atoms with Crippen molar-refractivity contribution in [2.45, 2.75) is 20.0 Å². The highest BCUT2D eigenvalue weighted by Gasteiger charge is 2.20. The molecule has 0 bridgehead atoms. The molecule has 142 valence electrons. The predicted octanol–water partition coefficient (Wildman–Crippen LogP) is 1.89. The summed E-state index contributed by atoms with van der Waals surface area (Å²) < 4.78 is 19.1. The SMILES string of the molecule is CN=C(NCc1ccc(C#N)cc1F)N1CCN(Cc2cc(C)on2)CC1. The Balaban J connectivity index is 1.51. The molecule has 1 saturated heterocycles. The molecule has 27 heavy (non-hydrogen) atoms. The van der Waals surface area contributed by atoms with Crippen LogP contribution in [0.4, 0.5) is 4.39 Å². The maximum Gasteiger partial charge on any atom is 0.194 e. The standard InChI is InChI=1S/C19H23FN6O/c1-14-9-17(24-27-14)13-25-5-7-26(8-6-25)19(22-2)23-12-16-4-3-15(11-21)10-18(16)20/h3-4,9-10H,5-8,12-13H2,1-2H3,(H,22,23). The number of hydrogen-bond acceptors (Lipinski definition) is 5. The summed E-state index contributed by atoms with van der Waals surface area (Å²) in [6.07, 6.45) is 0. The van der Waals surface area contributed by atoms with Crippen molar-refractivity contribution in [3.05, 3.63) is 52.7 Å². The number of halogens is 1. The van der Waals surface area contributed by atoms with Gasteiger partial charge in [-0.1, -0.05) is 11.2 Å². The van der Waals surface area contributed by atoms with E-state index in [9.17, 15) is 4.39 Å². The Bertz CT molecular complexity index is 848. The summed E-state index contributed by atoms with van der Waals surface area (Å²) in [7, 11) is 1.72. The zero-order chi connectivity index (χ0) is 19.2. The number of hydrogen-bond donors (Lipinski definition) is 1. The van der Waals surface area contributed by atoms with Crippen molar-refractivity contribution >= 4 is 5.96 Å². The predicted molar refractivity (Wildman–Crippen MR) is 99.4 cm³/mol. The fraction of sp³-hybridized carbons (Fsp3) is 0.421.